The van der Waals surface area contributed by atoms with Crippen LogP contribution >= 0.6 is 39.9 Å². The molecule has 1 fully saturated rings. The molecule has 1 saturated heterocycles. The summed E-state index contributed by atoms with van der Waals surface area (Å²) in [4.78, 5) is 15.1. The number of rotatable bonds is 7. The van der Waals surface area contributed by atoms with Gasteiger partial charge in [0.2, 0.25) is 0 Å². The summed E-state index contributed by atoms with van der Waals surface area (Å²) in [7, 11) is 0. The summed E-state index contributed by atoms with van der Waals surface area (Å²) in [5.74, 6) is 0.678. The highest BCUT2D eigenvalue weighted by atomic mass is 79.9. The summed E-state index contributed by atoms with van der Waals surface area (Å²) in [5, 5.41) is 0. The number of halogens is 2. The van der Waals surface area contributed by atoms with E-state index >= 15 is 0 Å². The molecule has 0 N–H and O–H groups in total. The fraction of sp³-hybridized carbons (Fsp3) is 0.120. The van der Waals surface area contributed by atoms with E-state index in [1.807, 2.05) is 43.3 Å². The SMILES string of the molecule is CCOc1cc(/C=C2\SC(=S)N(c3cccc(Br)c3)C2=O)ccc1OCc1ccc(F)cc1. The van der Waals surface area contributed by atoms with Gasteiger partial charge < -0.3 is 9.47 Å². The first-order valence-electron chi connectivity index (χ1n) is 10.1. The Kier molecular flexibility index (Phi) is 7.47. The lowest BCUT2D eigenvalue weighted by molar-refractivity contribution is -0.113. The van der Waals surface area contributed by atoms with Crippen LogP contribution in [-0.2, 0) is 11.4 Å². The zero-order valence-corrected chi connectivity index (χ0v) is 20.8. The maximum atomic E-state index is 13.1. The predicted molar refractivity (Wildman–Crippen MR) is 138 cm³/mol. The maximum Gasteiger partial charge on any atom is 0.270 e. The first kappa shape index (κ1) is 23.5. The van der Waals surface area contributed by atoms with Crippen molar-refractivity contribution >= 4 is 61.9 Å². The molecular formula is C25H19BrFNO3S2. The minimum Gasteiger partial charge on any atom is -0.490 e. The van der Waals surface area contributed by atoms with E-state index in [9.17, 15) is 9.18 Å². The number of anilines is 1. The third kappa shape index (κ3) is 5.63. The second kappa shape index (κ2) is 10.5. The van der Waals surface area contributed by atoms with Gasteiger partial charge in [-0.15, -0.1) is 0 Å². The molecule has 168 valence electrons. The second-order valence-corrected chi connectivity index (χ2v) is 9.64. The number of thiocarbonyl (C=S) groups is 1. The van der Waals surface area contributed by atoms with Crippen LogP contribution in [0, 0.1) is 5.82 Å². The molecule has 1 aliphatic rings. The van der Waals surface area contributed by atoms with E-state index in [1.54, 1.807) is 24.3 Å². The van der Waals surface area contributed by atoms with Crippen LogP contribution in [0.25, 0.3) is 6.08 Å². The van der Waals surface area contributed by atoms with Gasteiger partial charge in [-0.05, 0) is 66.6 Å². The van der Waals surface area contributed by atoms with Gasteiger partial charge in [0.1, 0.15) is 12.4 Å². The van der Waals surface area contributed by atoms with Gasteiger partial charge in [-0.2, -0.15) is 0 Å². The number of thioether (sulfide) groups is 1. The molecule has 1 amide bonds. The molecule has 4 rings (SSSR count). The first-order valence-corrected chi connectivity index (χ1v) is 12.1. The molecule has 4 nitrogen and oxygen atoms in total. The molecule has 33 heavy (non-hydrogen) atoms. The van der Waals surface area contributed by atoms with E-state index in [0.717, 1.165) is 21.3 Å². The lowest BCUT2D eigenvalue weighted by atomic mass is 10.1. The van der Waals surface area contributed by atoms with Gasteiger partial charge in [0.05, 0.1) is 17.2 Å². The Hall–Kier alpha value is -2.68. The number of amides is 1. The molecule has 3 aromatic carbocycles. The van der Waals surface area contributed by atoms with Crippen molar-refractivity contribution in [3.05, 3.63) is 93.1 Å². The fourth-order valence-electron chi connectivity index (χ4n) is 3.20. The molecule has 0 spiro atoms. The molecule has 0 unspecified atom stereocenters. The number of nitrogens with zero attached hydrogens (tertiary/aromatic N) is 1. The predicted octanol–water partition coefficient (Wildman–Crippen LogP) is 6.97. The molecule has 8 heteroatoms. The van der Waals surface area contributed by atoms with Crippen LogP contribution < -0.4 is 14.4 Å². The highest BCUT2D eigenvalue weighted by Crippen LogP contribution is 2.38. The smallest absolute Gasteiger partial charge is 0.270 e. The Morgan fingerprint density at radius 1 is 1.06 bits per heavy atom. The van der Waals surface area contributed by atoms with E-state index in [2.05, 4.69) is 15.9 Å². The lowest BCUT2D eigenvalue weighted by Crippen LogP contribution is -2.27. The van der Waals surface area contributed by atoms with Gasteiger partial charge in [0, 0.05) is 4.47 Å². The van der Waals surface area contributed by atoms with E-state index < -0.39 is 0 Å². The summed E-state index contributed by atoms with van der Waals surface area (Å²) in [5.41, 5.74) is 2.36. The van der Waals surface area contributed by atoms with Crippen LogP contribution in [-0.4, -0.2) is 16.8 Å². The Morgan fingerprint density at radius 2 is 1.85 bits per heavy atom. The largest absolute Gasteiger partial charge is 0.490 e. The van der Waals surface area contributed by atoms with Crippen molar-refractivity contribution in [3.8, 4) is 11.5 Å². The number of ether oxygens (including phenoxy) is 2. The molecule has 3 aromatic rings. The average molecular weight is 544 g/mol. The van der Waals surface area contributed by atoms with Crippen LogP contribution in [0.2, 0.25) is 0 Å². The Balaban J connectivity index is 1.55. The molecule has 1 aliphatic heterocycles. The van der Waals surface area contributed by atoms with Crippen LogP contribution in [0.4, 0.5) is 10.1 Å². The summed E-state index contributed by atoms with van der Waals surface area (Å²) >= 11 is 10.2. The van der Waals surface area contributed by atoms with Crippen molar-refractivity contribution in [2.24, 2.45) is 0 Å². The topological polar surface area (TPSA) is 38.8 Å². The molecule has 0 saturated carbocycles. The van der Waals surface area contributed by atoms with E-state index in [4.69, 9.17) is 21.7 Å². The molecule has 0 bridgehead atoms. The third-order valence-corrected chi connectivity index (χ3v) is 6.53. The number of hydrogen-bond acceptors (Lipinski definition) is 5. The molecular weight excluding hydrogens is 525 g/mol. The summed E-state index contributed by atoms with van der Waals surface area (Å²) in [6.07, 6.45) is 1.80. The number of carbonyl (C=O) groups is 1. The van der Waals surface area contributed by atoms with Crippen molar-refractivity contribution in [2.75, 3.05) is 11.5 Å². The number of hydrogen-bond donors (Lipinski definition) is 0. The van der Waals surface area contributed by atoms with Gasteiger partial charge in [-0.25, -0.2) is 4.39 Å². The summed E-state index contributed by atoms with van der Waals surface area (Å²) < 4.78 is 26.1. The Labute approximate surface area is 209 Å². The van der Waals surface area contributed by atoms with Crippen molar-refractivity contribution in [2.45, 2.75) is 13.5 Å². The van der Waals surface area contributed by atoms with Crippen LogP contribution in [0.15, 0.2) is 76.1 Å². The van der Waals surface area contributed by atoms with Gasteiger partial charge in [0.25, 0.3) is 5.91 Å². The van der Waals surface area contributed by atoms with E-state index in [1.165, 1.54) is 28.8 Å². The van der Waals surface area contributed by atoms with Crippen LogP contribution in [0.1, 0.15) is 18.1 Å². The standard InChI is InChI=1S/C25H19BrFNO3S2/c1-2-30-22-12-17(8-11-21(22)31-15-16-6-9-19(27)10-7-16)13-23-24(29)28(25(32)33-23)20-5-3-4-18(26)14-20/h3-14H,2,15H2,1H3/b23-13-. The minimum atomic E-state index is -0.288. The van der Waals surface area contributed by atoms with Crippen molar-refractivity contribution in [1.29, 1.82) is 0 Å². The highest BCUT2D eigenvalue weighted by Gasteiger charge is 2.33. The number of benzene rings is 3. The van der Waals surface area contributed by atoms with Gasteiger partial charge in [0.15, 0.2) is 15.8 Å². The maximum absolute atomic E-state index is 13.1. The Bertz CT molecular complexity index is 1230. The summed E-state index contributed by atoms with van der Waals surface area (Å²) in [6.45, 7) is 2.63. The Morgan fingerprint density at radius 3 is 2.58 bits per heavy atom. The molecule has 0 aliphatic carbocycles. The van der Waals surface area contributed by atoms with Gasteiger partial charge in [-0.3, -0.25) is 9.69 Å². The van der Waals surface area contributed by atoms with Crippen LogP contribution in [0.5, 0.6) is 11.5 Å². The second-order valence-electron chi connectivity index (χ2n) is 7.05. The van der Waals surface area contributed by atoms with Crippen molar-refractivity contribution in [1.82, 2.24) is 0 Å². The normalized spacial score (nSPS) is 14.8. The molecule has 0 atom stereocenters. The average Bonchev–Trinajstić information content (AvgIpc) is 3.07. The van der Waals surface area contributed by atoms with Crippen molar-refractivity contribution in [3.63, 3.8) is 0 Å². The van der Waals surface area contributed by atoms with Crippen molar-refractivity contribution < 1.29 is 18.7 Å². The quantitative estimate of drug-likeness (QED) is 0.237. The van der Waals surface area contributed by atoms with Gasteiger partial charge >= 0.3 is 0 Å². The van der Waals surface area contributed by atoms with E-state index in [-0.39, 0.29) is 18.3 Å². The molecule has 1 heterocycles. The molecule has 0 radical (unpaired) electrons. The summed E-state index contributed by atoms with van der Waals surface area (Å²) in [6, 6.07) is 19.1. The highest BCUT2D eigenvalue weighted by molar-refractivity contribution is 9.10. The molecule has 0 aromatic heterocycles. The lowest BCUT2D eigenvalue weighted by Gasteiger charge is -2.14. The first-order chi connectivity index (χ1) is 15.9. The monoisotopic (exact) mass is 543 g/mol. The number of carbonyl (C=O) groups excluding carboxylic acids is 1. The third-order valence-electron chi connectivity index (χ3n) is 4.73. The minimum absolute atomic E-state index is 0.169. The van der Waals surface area contributed by atoms with Gasteiger partial charge in [-0.1, -0.05) is 64.2 Å². The van der Waals surface area contributed by atoms with Crippen LogP contribution in [0.3, 0.4) is 0 Å². The zero-order valence-electron chi connectivity index (χ0n) is 17.6. The zero-order chi connectivity index (χ0) is 23.4. The van der Waals surface area contributed by atoms with E-state index in [0.29, 0.717) is 27.3 Å². The fourth-order valence-corrected chi connectivity index (χ4v) is 4.89.